The van der Waals surface area contributed by atoms with Gasteiger partial charge in [0.2, 0.25) is 10.0 Å². The number of nitrogens with zero attached hydrogens (tertiary/aromatic N) is 1. The first-order valence-corrected chi connectivity index (χ1v) is 9.18. The van der Waals surface area contributed by atoms with Gasteiger partial charge in [0.15, 0.2) is 11.6 Å². The molecule has 0 aromatic heterocycles. The maximum absolute atomic E-state index is 13.9. The van der Waals surface area contributed by atoms with Crippen molar-refractivity contribution in [3.63, 3.8) is 0 Å². The van der Waals surface area contributed by atoms with E-state index in [4.69, 9.17) is 5.11 Å². The van der Waals surface area contributed by atoms with Gasteiger partial charge < -0.3 is 5.11 Å². The molecule has 0 bridgehead atoms. The number of hydrogen-bond donors (Lipinski definition) is 1. The molecule has 0 aliphatic heterocycles. The number of rotatable bonds is 7. The zero-order chi connectivity index (χ0) is 16.2. The predicted molar refractivity (Wildman–Crippen MR) is 79.7 cm³/mol. The zero-order valence-electron chi connectivity index (χ0n) is 12.1. The predicted octanol–water partition coefficient (Wildman–Crippen LogP) is 2.22. The molecule has 0 heterocycles. The van der Waals surface area contributed by atoms with Crippen LogP contribution >= 0.6 is 11.8 Å². The van der Waals surface area contributed by atoms with Gasteiger partial charge in [-0.3, -0.25) is 0 Å². The van der Waals surface area contributed by atoms with E-state index >= 15 is 0 Å². The second-order valence-corrected chi connectivity index (χ2v) is 7.46. The zero-order valence-corrected chi connectivity index (χ0v) is 13.8. The molecule has 1 aromatic carbocycles. The highest BCUT2D eigenvalue weighted by molar-refractivity contribution is 7.98. The molecule has 1 aromatic rings. The third-order valence-corrected chi connectivity index (χ3v) is 5.87. The third kappa shape index (κ3) is 3.94. The van der Waals surface area contributed by atoms with Crippen LogP contribution in [0.2, 0.25) is 0 Å². The minimum atomic E-state index is -4.16. The van der Waals surface area contributed by atoms with Crippen LogP contribution in [0.1, 0.15) is 18.9 Å². The van der Waals surface area contributed by atoms with Crippen LogP contribution in [0.25, 0.3) is 0 Å². The molecule has 8 heteroatoms. The third-order valence-electron chi connectivity index (χ3n) is 3.24. The summed E-state index contributed by atoms with van der Waals surface area (Å²) in [5.74, 6) is -2.15. The van der Waals surface area contributed by atoms with Crippen molar-refractivity contribution < 1.29 is 22.3 Å². The van der Waals surface area contributed by atoms with Crippen LogP contribution in [0.5, 0.6) is 0 Å². The van der Waals surface area contributed by atoms with Crippen molar-refractivity contribution in [2.45, 2.75) is 30.9 Å². The Balaban J connectivity index is 3.33. The van der Waals surface area contributed by atoms with Gasteiger partial charge >= 0.3 is 0 Å². The molecule has 1 atom stereocenters. The van der Waals surface area contributed by atoms with Crippen LogP contribution in [0, 0.1) is 11.6 Å². The Morgan fingerprint density at radius 3 is 2.48 bits per heavy atom. The summed E-state index contributed by atoms with van der Waals surface area (Å²) in [5.41, 5.74) is 0.0128. The molecular weight excluding hydrogens is 320 g/mol. The Hall–Kier alpha value is -0.700. The number of aliphatic hydroxyl groups excluding tert-OH is 1. The Labute approximate surface area is 128 Å². The molecule has 4 nitrogen and oxygen atoms in total. The molecule has 0 amide bonds. The summed E-state index contributed by atoms with van der Waals surface area (Å²) in [6.07, 6.45) is 2.40. The van der Waals surface area contributed by atoms with E-state index in [0.717, 1.165) is 16.4 Å². The number of aliphatic hydroxyl groups is 1. The lowest BCUT2D eigenvalue weighted by molar-refractivity contribution is 0.280. The van der Waals surface area contributed by atoms with Gasteiger partial charge in [-0.05, 0) is 30.4 Å². The van der Waals surface area contributed by atoms with Gasteiger partial charge in [0, 0.05) is 18.8 Å². The topological polar surface area (TPSA) is 57.6 Å². The van der Waals surface area contributed by atoms with E-state index in [2.05, 4.69) is 0 Å². The summed E-state index contributed by atoms with van der Waals surface area (Å²) >= 11 is 1.48. The summed E-state index contributed by atoms with van der Waals surface area (Å²) in [6, 6.07) is 1.44. The van der Waals surface area contributed by atoms with E-state index in [0.29, 0.717) is 12.2 Å². The van der Waals surface area contributed by atoms with Crippen LogP contribution in [0.4, 0.5) is 8.78 Å². The molecule has 0 radical (unpaired) electrons. The molecule has 1 rings (SSSR count). The monoisotopic (exact) mass is 339 g/mol. The number of halogens is 2. The Morgan fingerprint density at radius 2 is 2.00 bits per heavy atom. The summed E-state index contributed by atoms with van der Waals surface area (Å²) in [5, 5.41) is 9.02. The van der Waals surface area contributed by atoms with Crippen LogP contribution < -0.4 is 0 Å². The van der Waals surface area contributed by atoms with Gasteiger partial charge in [0.1, 0.15) is 4.90 Å². The average molecular weight is 339 g/mol. The molecular formula is C13H19F2NO3S2. The Bertz CT molecular complexity index is 593. The quantitative estimate of drug-likeness (QED) is 0.828. The molecule has 120 valence electrons. The van der Waals surface area contributed by atoms with Gasteiger partial charge in [0.25, 0.3) is 0 Å². The number of sulfonamides is 1. The fourth-order valence-electron chi connectivity index (χ4n) is 1.92. The van der Waals surface area contributed by atoms with E-state index in [1.165, 1.54) is 18.8 Å². The van der Waals surface area contributed by atoms with Gasteiger partial charge in [-0.2, -0.15) is 16.1 Å². The van der Waals surface area contributed by atoms with E-state index in [-0.39, 0.29) is 11.6 Å². The largest absolute Gasteiger partial charge is 0.392 e. The molecule has 0 saturated carbocycles. The maximum atomic E-state index is 13.9. The summed E-state index contributed by atoms with van der Waals surface area (Å²) < 4.78 is 53.3. The van der Waals surface area contributed by atoms with Crippen molar-refractivity contribution in [2.24, 2.45) is 0 Å². The minimum absolute atomic E-state index is 0.0128. The normalized spacial score (nSPS) is 13.7. The summed E-state index contributed by atoms with van der Waals surface area (Å²) in [6.45, 7) is 1.26. The summed E-state index contributed by atoms with van der Waals surface area (Å²) in [7, 11) is -2.81. The SMILES string of the molecule is CCC(CSC)N(C)S(=O)(=O)c1cc(CO)cc(F)c1F. The first-order valence-electron chi connectivity index (χ1n) is 6.35. The number of hydrogen-bond acceptors (Lipinski definition) is 4. The van der Waals surface area contributed by atoms with E-state index in [1.807, 2.05) is 13.2 Å². The van der Waals surface area contributed by atoms with Gasteiger partial charge in [-0.1, -0.05) is 6.92 Å². The first-order chi connectivity index (χ1) is 9.79. The van der Waals surface area contributed by atoms with Crippen molar-refractivity contribution in [3.05, 3.63) is 29.3 Å². The lowest BCUT2D eigenvalue weighted by atomic mass is 10.2. The fourth-order valence-corrected chi connectivity index (χ4v) is 4.41. The molecule has 0 spiro atoms. The molecule has 0 aliphatic rings. The minimum Gasteiger partial charge on any atom is -0.392 e. The Morgan fingerprint density at radius 1 is 1.38 bits per heavy atom. The smallest absolute Gasteiger partial charge is 0.246 e. The second-order valence-electron chi connectivity index (χ2n) is 4.59. The first kappa shape index (κ1) is 18.3. The van der Waals surface area contributed by atoms with E-state index in [1.54, 1.807) is 0 Å². The number of thioether (sulfide) groups is 1. The average Bonchev–Trinajstić information content (AvgIpc) is 2.46. The molecule has 0 fully saturated rings. The van der Waals surface area contributed by atoms with E-state index < -0.39 is 33.2 Å². The maximum Gasteiger partial charge on any atom is 0.246 e. The molecule has 1 unspecified atom stereocenters. The van der Waals surface area contributed by atoms with Crippen molar-refractivity contribution >= 4 is 21.8 Å². The molecule has 0 saturated heterocycles. The highest BCUT2D eigenvalue weighted by Crippen LogP contribution is 2.25. The van der Waals surface area contributed by atoms with Gasteiger partial charge in [0.05, 0.1) is 6.61 Å². The standard InChI is InChI=1S/C13H19F2NO3S2/c1-4-10(8-20-3)16(2)21(18,19)12-6-9(7-17)5-11(14)13(12)15/h5-6,10,17H,4,7-8H2,1-3H3. The molecule has 21 heavy (non-hydrogen) atoms. The van der Waals surface area contributed by atoms with Crippen molar-refractivity contribution in [3.8, 4) is 0 Å². The van der Waals surface area contributed by atoms with E-state index in [9.17, 15) is 17.2 Å². The van der Waals surface area contributed by atoms with Crippen molar-refractivity contribution in [1.82, 2.24) is 4.31 Å². The fraction of sp³-hybridized carbons (Fsp3) is 0.538. The van der Waals surface area contributed by atoms with Crippen LogP contribution in [0.15, 0.2) is 17.0 Å². The van der Waals surface area contributed by atoms with Gasteiger partial charge in [-0.15, -0.1) is 0 Å². The highest BCUT2D eigenvalue weighted by atomic mass is 32.2. The Kier molecular flexibility index (Phi) is 6.58. The molecule has 1 N–H and O–H groups in total. The van der Waals surface area contributed by atoms with Crippen LogP contribution in [0.3, 0.4) is 0 Å². The van der Waals surface area contributed by atoms with Crippen molar-refractivity contribution in [2.75, 3.05) is 19.1 Å². The highest BCUT2D eigenvalue weighted by Gasteiger charge is 2.31. The lowest BCUT2D eigenvalue weighted by Gasteiger charge is -2.26. The lowest BCUT2D eigenvalue weighted by Crippen LogP contribution is -2.38. The van der Waals surface area contributed by atoms with Gasteiger partial charge in [-0.25, -0.2) is 17.2 Å². The summed E-state index contributed by atoms with van der Waals surface area (Å²) in [4.78, 5) is -0.742. The van der Waals surface area contributed by atoms with Crippen molar-refractivity contribution in [1.29, 1.82) is 0 Å². The number of benzene rings is 1. The molecule has 0 aliphatic carbocycles. The van der Waals surface area contributed by atoms with Crippen LogP contribution in [-0.4, -0.2) is 42.9 Å². The van der Waals surface area contributed by atoms with Crippen LogP contribution in [-0.2, 0) is 16.6 Å². The second kappa shape index (κ2) is 7.53.